The highest BCUT2D eigenvalue weighted by atomic mass is 16.6. The van der Waals surface area contributed by atoms with E-state index in [4.69, 9.17) is 9.47 Å². The van der Waals surface area contributed by atoms with Crippen molar-refractivity contribution in [3.63, 3.8) is 0 Å². The highest BCUT2D eigenvalue weighted by Gasteiger charge is 2.26. The number of rotatable bonds is 5. The first-order valence-corrected chi connectivity index (χ1v) is 11.8. The third-order valence-electron chi connectivity index (χ3n) is 6.63. The molecule has 3 heterocycles. The molecule has 33 heavy (non-hydrogen) atoms. The van der Waals surface area contributed by atoms with E-state index in [2.05, 4.69) is 34.6 Å². The Balaban J connectivity index is 1.24. The topological polar surface area (TPSA) is 83.2 Å². The fraction of sp³-hybridized carbons (Fsp3) is 0.480. The number of aryl methyl sites for hydroxylation is 2. The molecule has 1 aliphatic heterocycles. The fourth-order valence-corrected chi connectivity index (χ4v) is 4.92. The highest BCUT2D eigenvalue weighted by molar-refractivity contribution is 5.44. The molecule has 1 N–H and O–H groups in total. The van der Waals surface area contributed by atoms with Crippen LogP contribution < -0.4 is 20.3 Å². The van der Waals surface area contributed by atoms with E-state index in [1.54, 1.807) is 21.5 Å². The zero-order valence-electron chi connectivity index (χ0n) is 19.5. The van der Waals surface area contributed by atoms with Crippen LogP contribution in [-0.2, 0) is 0 Å². The van der Waals surface area contributed by atoms with Crippen LogP contribution in [0.25, 0.3) is 5.82 Å². The second-order valence-corrected chi connectivity index (χ2v) is 9.11. The second-order valence-electron chi connectivity index (χ2n) is 9.11. The Morgan fingerprint density at radius 3 is 2.45 bits per heavy atom. The minimum absolute atomic E-state index is 0.0543. The number of fused-ring (bicyclic) bond motifs is 1. The van der Waals surface area contributed by atoms with Crippen molar-refractivity contribution >= 4 is 0 Å². The van der Waals surface area contributed by atoms with E-state index in [0.29, 0.717) is 25.1 Å². The lowest BCUT2D eigenvalue weighted by molar-refractivity contribution is 0.171. The summed E-state index contributed by atoms with van der Waals surface area (Å²) in [7, 11) is 0. The summed E-state index contributed by atoms with van der Waals surface area (Å²) in [4.78, 5) is 12.6. The first-order chi connectivity index (χ1) is 16.0. The summed E-state index contributed by atoms with van der Waals surface area (Å²) in [5.41, 5.74) is 3.08. The largest absolute Gasteiger partial charge is 0.486 e. The van der Waals surface area contributed by atoms with Crippen molar-refractivity contribution in [2.24, 2.45) is 0 Å². The van der Waals surface area contributed by atoms with Gasteiger partial charge in [-0.05, 0) is 76.3 Å². The maximum absolute atomic E-state index is 12.6. The third-order valence-corrected chi connectivity index (χ3v) is 6.63. The molecule has 5 rings (SSSR count). The van der Waals surface area contributed by atoms with E-state index in [1.165, 1.54) is 5.56 Å². The summed E-state index contributed by atoms with van der Waals surface area (Å²) >= 11 is 0. The Labute approximate surface area is 193 Å². The Bertz CT molecular complexity index is 1190. The highest BCUT2D eigenvalue weighted by Crippen LogP contribution is 2.34. The molecule has 1 aromatic carbocycles. The van der Waals surface area contributed by atoms with Crippen molar-refractivity contribution in [1.29, 1.82) is 0 Å². The summed E-state index contributed by atoms with van der Waals surface area (Å²) < 4.78 is 14.8. The van der Waals surface area contributed by atoms with E-state index < -0.39 is 0 Å². The fourth-order valence-electron chi connectivity index (χ4n) is 4.92. The smallest absolute Gasteiger partial charge is 0.267 e. The van der Waals surface area contributed by atoms with Gasteiger partial charge < -0.3 is 14.8 Å². The lowest BCUT2D eigenvalue weighted by atomic mass is 9.90. The van der Waals surface area contributed by atoms with Gasteiger partial charge in [0.25, 0.3) is 5.56 Å². The zero-order chi connectivity index (χ0) is 22.9. The van der Waals surface area contributed by atoms with Gasteiger partial charge in [-0.15, -0.1) is 5.10 Å². The maximum Gasteiger partial charge on any atom is 0.267 e. The summed E-state index contributed by atoms with van der Waals surface area (Å²) in [6.45, 7) is 7.33. The van der Waals surface area contributed by atoms with Crippen LogP contribution in [-0.4, -0.2) is 38.8 Å². The van der Waals surface area contributed by atoms with E-state index in [9.17, 15) is 4.79 Å². The number of nitrogens with zero attached hydrogens (tertiary/aromatic N) is 4. The first-order valence-electron chi connectivity index (χ1n) is 11.8. The van der Waals surface area contributed by atoms with Gasteiger partial charge in [0.1, 0.15) is 13.2 Å². The summed E-state index contributed by atoms with van der Waals surface area (Å²) in [6, 6.07) is 12.3. The van der Waals surface area contributed by atoms with Gasteiger partial charge >= 0.3 is 0 Å². The predicted octanol–water partition coefficient (Wildman–Crippen LogP) is 3.65. The van der Waals surface area contributed by atoms with Crippen molar-refractivity contribution in [3.05, 3.63) is 63.7 Å². The SMILES string of the molecule is Cc1cc(C)n(-c2ccc(=O)n(C3CCC(NC(C)c4ccc5c(c4)OCCO5)CC3)n2)n1. The quantitative estimate of drug-likeness (QED) is 0.640. The summed E-state index contributed by atoms with van der Waals surface area (Å²) in [6.07, 6.45) is 3.83. The van der Waals surface area contributed by atoms with Crippen LogP contribution in [0.1, 0.15) is 61.6 Å². The maximum atomic E-state index is 12.6. The lowest BCUT2D eigenvalue weighted by Gasteiger charge is -2.32. The normalized spacial score (nSPS) is 21.1. The van der Waals surface area contributed by atoms with E-state index in [1.807, 2.05) is 26.0 Å². The summed E-state index contributed by atoms with van der Waals surface area (Å²) in [5.74, 6) is 2.33. The van der Waals surface area contributed by atoms with Gasteiger partial charge in [0.15, 0.2) is 17.3 Å². The number of benzene rings is 1. The Morgan fingerprint density at radius 1 is 0.970 bits per heavy atom. The van der Waals surface area contributed by atoms with Crippen LogP contribution in [0.3, 0.4) is 0 Å². The third kappa shape index (κ3) is 4.53. The predicted molar refractivity (Wildman–Crippen MR) is 125 cm³/mol. The number of ether oxygens (including phenoxy) is 2. The monoisotopic (exact) mass is 449 g/mol. The molecule has 0 bridgehead atoms. The van der Waals surface area contributed by atoms with Crippen LogP contribution in [0.2, 0.25) is 0 Å². The molecule has 0 saturated heterocycles. The molecule has 8 nitrogen and oxygen atoms in total. The molecule has 2 aliphatic rings. The number of nitrogens with one attached hydrogen (secondary N) is 1. The molecular weight excluding hydrogens is 418 g/mol. The first kappa shape index (κ1) is 21.7. The molecule has 3 aromatic rings. The second kappa shape index (κ2) is 9.02. The van der Waals surface area contributed by atoms with Crippen LogP contribution in [0, 0.1) is 13.8 Å². The molecule has 2 aromatic heterocycles. The molecule has 1 fully saturated rings. The Kier molecular flexibility index (Phi) is 5.93. The average molecular weight is 450 g/mol. The van der Waals surface area contributed by atoms with Crippen molar-refractivity contribution < 1.29 is 9.47 Å². The van der Waals surface area contributed by atoms with Crippen LogP contribution in [0.15, 0.2) is 41.2 Å². The molecule has 0 spiro atoms. The van der Waals surface area contributed by atoms with Gasteiger partial charge in [0.2, 0.25) is 0 Å². The van der Waals surface area contributed by atoms with Gasteiger partial charge in [0, 0.05) is 23.8 Å². The molecule has 1 unspecified atom stereocenters. The number of hydrogen-bond donors (Lipinski definition) is 1. The standard InChI is InChI=1S/C25H31N5O3/c1-16-14-17(2)29(27-16)24-10-11-25(31)30(28-24)21-7-5-20(6-8-21)26-18(3)19-4-9-22-23(15-19)33-13-12-32-22/h4,9-11,14-15,18,20-21,26H,5-8,12-13H2,1-3H3. The van der Waals surface area contributed by atoms with Crippen LogP contribution in [0.5, 0.6) is 11.5 Å². The molecule has 1 saturated carbocycles. The van der Waals surface area contributed by atoms with Crippen molar-refractivity contribution in [1.82, 2.24) is 24.9 Å². The van der Waals surface area contributed by atoms with Crippen molar-refractivity contribution in [3.8, 4) is 17.3 Å². The van der Waals surface area contributed by atoms with Gasteiger partial charge in [-0.1, -0.05) is 6.07 Å². The summed E-state index contributed by atoms with van der Waals surface area (Å²) in [5, 5.41) is 12.9. The molecule has 0 amide bonds. The van der Waals surface area contributed by atoms with Gasteiger partial charge in [-0.25, -0.2) is 9.36 Å². The van der Waals surface area contributed by atoms with Crippen molar-refractivity contribution in [2.45, 2.75) is 64.6 Å². The van der Waals surface area contributed by atoms with Crippen molar-refractivity contribution in [2.75, 3.05) is 13.2 Å². The lowest BCUT2D eigenvalue weighted by Crippen LogP contribution is -2.38. The number of aromatic nitrogens is 4. The van der Waals surface area contributed by atoms with E-state index in [-0.39, 0.29) is 17.6 Å². The van der Waals surface area contributed by atoms with Gasteiger partial charge in [0.05, 0.1) is 11.7 Å². The van der Waals surface area contributed by atoms with E-state index >= 15 is 0 Å². The molecule has 1 atom stereocenters. The number of hydrogen-bond acceptors (Lipinski definition) is 6. The Hall–Kier alpha value is -3.13. The molecule has 8 heteroatoms. The van der Waals surface area contributed by atoms with Gasteiger partial charge in [-0.2, -0.15) is 5.10 Å². The average Bonchev–Trinajstić information content (AvgIpc) is 3.17. The van der Waals surface area contributed by atoms with Crippen LogP contribution >= 0.6 is 0 Å². The van der Waals surface area contributed by atoms with Gasteiger partial charge in [-0.3, -0.25) is 4.79 Å². The molecule has 0 radical (unpaired) electrons. The molecular formula is C25H31N5O3. The minimum Gasteiger partial charge on any atom is -0.486 e. The molecule has 174 valence electrons. The van der Waals surface area contributed by atoms with Crippen LogP contribution in [0.4, 0.5) is 0 Å². The zero-order valence-corrected chi connectivity index (χ0v) is 19.5. The minimum atomic E-state index is -0.0543. The van der Waals surface area contributed by atoms with E-state index in [0.717, 1.165) is 48.6 Å². The molecule has 1 aliphatic carbocycles. The Morgan fingerprint density at radius 2 is 1.73 bits per heavy atom.